The molecular formula is C8H14O3. The van der Waals surface area contributed by atoms with Crippen LogP contribution < -0.4 is 0 Å². The molecule has 1 N–H and O–H groups in total. The van der Waals surface area contributed by atoms with Gasteiger partial charge in [-0.05, 0) is 20.3 Å². The molecule has 0 unspecified atom stereocenters. The molecule has 1 atom stereocenters. The summed E-state index contributed by atoms with van der Waals surface area (Å²) in [7, 11) is 0. The molecule has 1 heterocycles. The number of aliphatic carboxylic acids is 1. The lowest BCUT2D eigenvalue weighted by atomic mass is 9.80. The summed E-state index contributed by atoms with van der Waals surface area (Å²) >= 11 is 0. The summed E-state index contributed by atoms with van der Waals surface area (Å²) in [4.78, 5) is 10.7. The topological polar surface area (TPSA) is 46.5 Å². The maximum Gasteiger partial charge on any atom is 0.336 e. The standard InChI is InChI=1S/C8H14O3/c1-4-8(6(9)10)5-7(2,3)11-8/h4-5H2,1-3H3,(H,9,10)/t8-/m0/s1. The summed E-state index contributed by atoms with van der Waals surface area (Å²) in [6, 6.07) is 0. The van der Waals surface area contributed by atoms with Crippen molar-refractivity contribution in [2.24, 2.45) is 0 Å². The highest BCUT2D eigenvalue weighted by molar-refractivity contribution is 5.78. The maximum absolute atomic E-state index is 10.7. The number of carbonyl (C=O) groups is 1. The van der Waals surface area contributed by atoms with Gasteiger partial charge in [-0.15, -0.1) is 0 Å². The minimum absolute atomic E-state index is 0.242. The van der Waals surface area contributed by atoms with Crippen molar-refractivity contribution in [3.05, 3.63) is 0 Å². The van der Waals surface area contributed by atoms with Crippen LogP contribution in [0.5, 0.6) is 0 Å². The first kappa shape index (κ1) is 8.53. The molecule has 64 valence electrons. The molecule has 0 amide bonds. The third-order valence-electron chi connectivity index (χ3n) is 2.14. The van der Waals surface area contributed by atoms with E-state index < -0.39 is 11.6 Å². The molecule has 0 bridgehead atoms. The largest absolute Gasteiger partial charge is 0.479 e. The van der Waals surface area contributed by atoms with E-state index in [2.05, 4.69) is 0 Å². The van der Waals surface area contributed by atoms with Crippen molar-refractivity contribution in [1.82, 2.24) is 0 Å². The predicted octanol–water partition coefficient (Wildman–Crippen LogP) is 1.42. The van der Waals surface area contributed by atoms with Crippen molar-refractivity contribution in [1.29, 1.82) is 0 Å². The molecule has 0 aromatic rings. The van der Waals surface area contributed by atoms with E-state index in [1.165, 1.54) is 0 Å². The second-order valence-electron chi connectivity index (χ2n) is 3.69. The van der Waals surface area contributed by atoms with Gasteiger partial charge in [0, 0.05) is 6.42 Å². The van der Waals surface area contributed by atoms with E-state index in [4.69, 9.17) is 9.84 Å². The SMILES string of the molecule is CC[C@@]1(C(=O)O)CC(C)(C)O1. The number of hydrogen-bond acceptors (Lipinski definition) is 2. The summed E-state index contributed by atoms with van der Waals surface area (Å²) < 4.78 is 5.33. The molecule has 1 aliphatic rings. The first-order valence-electron chi connectivity index (χ1n) is 3.85. The van der Waals surface area contributed by atoms with Crippen molar-refractivity contribution in [3.8, 4) is 0 Å². The zero-order valence-electron chi connectivity index (χ0n) is 7.18. The summed E-state index contributed by atoms with van der Waals surface area (Å²) in [6.45, 7) is 5.65. The number of ether oxygens (including phenoxy) is 1. The predicted molar refractivity (Wildman–Crippen MR) is 40.4 cm³/mol. The van der Waals surface area contributed by atoms with Crippen LogP contribution in [0.3, 0.4) is 0 Å². The lowest BCUT2D eigenvalue weighted by Gasteiger charge is -2.50. The van der Waals surface area contributed by atoms with Crippen LogP contribution in [0.1, 0.15) is 33.6 Å². The van der Waals surface area contributed by atoms with Gasteiger partial charge in [0.15, 0.2) is 5.60 Å². The molecule has 0 aromatic carbocycles. The average Bonchev–Trinajstić information content (AvgIpc) is 1.81. The highest BCUT2D eigenvalue weighted by Crippen LogP contribution is 2.43. The van der Waals surface area contributed by atoms with Crippen LogP contribution in [-0.2, 0) is 9.53 Å². The van der Waals surface area contributed by atoms with Gasteiger partial charge in [0.25, 0.3) is 0 Å². The molecule has 0 saturated carbocycles. The van der Waals surface area contributed by atoms with Crippen LogP contribution >= 0.6 is 0 Å². The van der Waals surface area contributed by atoms with Gasteiger partial charge in [-0.25, -0.2) is 4.79 Å². The van der Waals surface area contributed by atoms with Gasteiger partial charge in [-0.2, -0.15) is 0 Å². The van der Waals surface area contributed by atoms with Crippen LogP contribution in [0, 0.1) is 0 Å². The van der Waals surface area contributed by atoms with Crippen LogP contribution in [0.15, 0.2) is 0 Å². The molecule has 0 aliphatic carbocycles. The third kappa shape index (κ3) is 1.25. The van der Waals surface area contributed by atoms with Crippen LogP contribution in [-0.4, -0.2) is 22.3 Å². The van der Waals surface area contributed by atoms with E-state index in [1.54, 1.807) is 0 Å². The average molecular weight is 158 g/mol. The van der Waals surface area contributed by atoms with Gasteiger partial charge in [-0.1, -0.05) is 6.92 Å². The Morgan fingerprint density at radius 3 is 2.18 bits per heavy atom. The number of rotatable bonds is 2. The Hall–Kier alpha value is -0.570. The Labute approximate surface area is 66.4 Å². The molecule has 1 rings (SSSR count). The van der Waals surface area contributed by atoms with Crippen molar-refractivity contribution in [3.63, 3.8) is 0 Å². The van der Waals surface area contributed by atoms with Crippen LogP contribution in [0.25, 0.3) is 0 Å². The normalized spacial score (nSPS) is 34.5. The first-order valence-corrected chi connectivity index (χ1v) is 3.85. The molecule has 3 heteroatoms. The minimum Gasteiger partial charge on any atom is -0.479 e. The molecule has 1 saturated heterocycles. The van der Waals surface area contributed by atoms with Gasteiger partial charge in [0.1, 0.15) is 0 Å². The quantitative estimate of drug-likeness (QED) is 0.661. The van der Waals surface area contributed by atoms with Crippen molar-refractivity contribution >= 4 is 5.97 Å². The number of hydrogen-bond donors (Lipinski definition) is 1. The Kier molecular flexibility index (Phi) is 1.71. The molecule has 3 nitrogen and oxygen atoms in total. The van der Waals surface area contributed by atoms with E-state index in [1.807, 2.05) is 20.8 Å². The third-order valence-corrected chi connectivity index (χ3v) is 2.14. The van der Waals surface area contributed by atoms with Crippen molar-refractivity contribution in [2.75, 3.05) is 0 Å². The van der Waals surface area contributed by atoms with Crippen molar-refractivity contribution in [2.45, 2.75) is 44.8 Å². The number of carboxylic acid groups (broad SMARTS) is 1. The zero-order chi connectivity index (χ0) is 8.70. The Balaban J connectivity index is 2.64. The van der Waals surface area contributed by atoms with E-state index in [0.29, 0.717) is 12.8 Å². The second-order valence-corrected chi connectivity index (χ2v) is 3.69. The highest BCUT2D eigenvalue weighted by Gasteiger charge is 2.54. The van der Waals surface area contributed by atoms with Crippen LogP contribution in [0.2, 0.25) is 0 Å². The second kappa shape index (κ2) is 2.21. The van der Waals surface area contributed by atoms with Gasteiger partial charge in [0.2, 0.25) is 0 Å². The molecule has 11 heavy (non-hydrogen) atoms. The fourth-order valence-electron chi connectivity index (χ4n) is 1.68. The molecule has 1 aliphatic heterocycles. The maximum atomic E-state index is 10.7. The van der Waals surface area contributed by atoms with Gasteiger partial charge in [0.05, 0.1) is 5.60 Å². The lowest BCUT2D eigenvalue weighted by Crippen LogP contribution is -2.60. The van der Waals surface area contributed by atoms with E-state index in [-0.39, 0.29) is 5.60 Å². The number of carboxylic acids is 1. The van der Waals surface area contributed by atoms with E-state index in [9.17, 15) is 4.79 Å². The molecule has 0 aromatic heterocycles. The molecule has 1 fully saturated rings. The van der Waals surface area contributed by atoms with Crippen LogP contribution in [0.4, 0.5) is 0 Å². The first-order chi connectivity index (χ1) is 4.92. The minimum atomic E-state index is -0.885. The zero-order valence-corrected chi connectivity index (χ0v) is 7.18. The Morgan fingerprint density at radius 1 is 1.64 bits per heavy atom. The fourth-order valence-corrected chi connectivity index (χ4v) is 1.68. The Bertz CT molecular complexity index is 176. The summed E-state index contributed by atoms with van der Waals surface area (Å²) in [6.07, 6.45) is 1.16. The highest BCUT2D eigenvalue weighted by atomic mass is 16.6. The van der Waals surface area contributed by atoms with E-state index >= 15 is 0 Å². The summed E-state index contributed by atoms with van der Waals surface area (Å²) in [5.74, 6) is -0.834. The van der Waals surface area contributed by atoms with Gasteiger partial charge < -0.3 is 9.84 Å². The molecule has 0 spiro atoms. The van der Waals surface area contributed by atoms with Gasteiger partial charge >= 0.3 is 5.97 Å². The fraction of sp³-hybridized carbons (Fsp3) is 0.875. The monoisotopic (exact) mass is 158 g/mol. The summed E-state index contributed by atoms with van der Waals surface area (Å²) in [5.41, 5.74) is -1.13. The lowest BCUT2D eigenvalue weighted by molar-refractivity contribution is -0.258. The smallest absolute Gasteiger partial charge is 0.336 e. The van der Waals surface area contributed by atoms with Crippen molar-refractivity contribution < 1.29 is 14.6 Å². The Morgan fingerprint density at radius 2 is 2.09 bits per heavy atom. The molecular weight excluding hydrogens is 144 g/mol. The summed E-state index contributed by atoms with van der Waals surface area (Å²) in [5, 5.41) is 8.79. The van der Waals surface area contributed by atoms with E-state index in [0.717, 1.165) is 0 Å². The van der Waals surface area contributed by atoms with Gasteiger partial charge in [-0.3, -0.25) is 0 Å². The molecule has 0 radical (unpaired) electrons.